The third kappa shape index (κ3) is 2.72. The number of hydrogen-bond acceptors (Lipinski definition) is 3. The molecule has 0 amide bonds. The Morgan fingerprint density at radius 1 is 1.12 bits per heavy atom. The van der Waals surface area contributed by atoms with Crippen LogP contribution in [0.5, 0.6) is 5.75 Å². The molecule has 1 aliphatic heterocycles. The highest BCUT2D eigenvalue weighted by molar-refractivity contribution is 6.45. The van der Waals surface area contributed by atoms with E-state index in [0.717, 1.165) is 6.07 Å². The summed E-state index contributed by atoms with van der Waals surface area (Å²) in [5, 5.41) is 0.505. The molecule has 3 rings (SSSR count). The Morgan fingerprint density at radius 3 is 2.58 bits per heavy atom. The van der Waals surface area contributed by atoms with Gasteiger partial charge in [-0.1, -0.05) is 23.2 Å². The van der Waals surface area contributed by atoms with Crippen LogP contribution in [0.3, 0.4) is 0 Å². The van der Waals surface area contributed by atoms with Gasteiger partial charge in [0.05, 0.1) is 35.0 Å². The zero-order valence-electron chi connectivity index (χ0n) is 13.0. The van der Waals surface area contributed by atoms with Crippen molar-refractivity contribution in [3.05, 3.63) is 57.1 Å². The highest BCUT2D eigenvalue weighted by Gasteiger charge is 2.27. The highest BCUT2D eigenvalue weighted by atomic mass is 35.5. The van der Waals surface area contributed by atoms with Crippen molar-refractivity contribution >= 4 is 34.6 Å². The fourth-order valence-electron chi connectivity index (χ4n) is 2.71. The van der Waals surface area contributed by atoms with E-state index in [9.17, 15) is 8.78 Å². The van der Waals surface area contributed by atoms with E-state index in [-0.39, 0.29) is 22.0 Å². The zero-order chi connectivity index (χ0) is 17.4. The van der Waals surface area contributed by atoms with Gasteiger partial charge in [0.15, 0.2) is 11.6 Å². The first-order valence-corrected chi connectivity index (χ1v) is 7.97. The van der Waals surface area contributed by atoms with Gasteiger partial charge in [0.25, 0.3) is 0 Å². The first-order valence-electron chi connectivity index (χ1n) is 7.22. The monoisotopic (exact) mass is 370 g/mol. The Hall–Kier alpha value is -1.85. The predicted molar refractivity (Wildman–Crippen MR) is 93.1 cm³/mol. The standard InChI is InChI=1S/C17H14Cl2F2N2O/c1-23-8-7-22-17(14-11(23)5-3-9(18)15(14)19)13-10(20)4-6-12(24-2)16(13)21/h3-6H,7-8H2,1-2H3. The van der Waals surface area contributed by atoms with Gasteiger partial charge in [-0.25, -0.2) is 8.78 Å². The number of nitrogens with zero attached hydrogens (tertiary/aromatic N) is 2. The van der Waals surface area contributed by atoms with E-state index in [0.29, 0.717) is 29.4 Å². The van der Waals surface area contributed by atoms with Gasteiger partial charge in [-0.2, -0.15) is 0 Å². The molecule has 0 saturated carbocycles. The van der Waals surface area contributed by atoms with E-state index in [1.165, 1.54) is 13.2 Å². The van der Waals surface area contributed by atoms with Crippen molar-refractivity contribution in [1.82, 2.24) is 0 Å². The minimum absolute atomic E-state index is 0.0635. The van der Waals surface area contributed by atoms with E-state index in [4.69, 9.17) is 27.9 Å². The normalized spacial score (nSPS) is 14.1. The number of rotatable bonds is 2. The van der Waals surface area contributed by atoms with Crippen molar-refractivity contribution < 1.29 is 13.5 Å². The number of halogens is 4. The lowest BCUT2D eigenvalue weighted by molar-refractivity contribution is 0.383. The van der Waals surface area contributed by atoms with Gasteiger partial charge < -0.3 is 9.64 Å². The topological polar surface area (TPSA) is 24.8 Å². The number of aliphatic imine (C=N–C) groups is 1. The fraction of sp³-hybridized carbons (Fsp3) is 0.235. The van der Waals surface area contributed by atoms with Crippen molar-refractivity contribution in [3.63, 3.8) is 0 Å². The molecule has 0 aliphatic carbocycles. The quantitative estimate of drug-likeness (QED) is 0.773. The highest BCUT2D eigenvalue weighted by Crippen LogP contribution is 2.38. The lowest BCUT2D eigenvalue weighted by Gasteiger charge is -2.21. The number of benzodiazepines with no additional fused rings is 1. The van der Waals surface area contributed by atoms with Crippen LogP contribution in [0.4, 0.5) is 14.5 Å². The molecule has 0 spiro atoms. The Kier molecular flexibility index (Phi) is 4.65. The molecule has 7 heteroatoms. The molecule has 0 unspecified atom stereocenters. The minimum Gasteiger partial charge on any atom is -0.494 e. The van der Waals surface area contributed by atoms with Crippen molar-refractivity contribution in [2.45, 2.75) is 0 Å². The maximum atomic E-state index is 14.7. The molecule has 1 heterocycles. The molecule has 0 atom stereocenters. The summed E-state index contributed by atoms with van der Waals surface area (Å²) >= 11 is 12.5. The van der Waals surface area contributed by atoms with Crippen LogP contribution in [0.15, 0.2) is 29.3 Å². The van der Waals surface area contributed by atoms with Crippen molar-refractivity contribution in [3.8, 4) is 5.75 Å². The van der Waals surface area contributed by atoms with Crippen LogP contribution >= 0.6 is 23.2 Å². The van der Waals surface area contributed by atoms with Gasteiger partial charge in [0.1, 0.15) is 5.82 Å². The molecule has 0 N–H and O–H groups in total. The Labute approximate surface area is 148 Å². The number of fused-ring (bicyclic) bond motifs is 1. The lowest BCUT2D eigenvalue weighted by Crippen LogP contribution is -2.20. The van der Waals surface area contributed by atoms with Crippen LogP contribution < -0.4 is 9.64 Å². The maximum absolute atomic E-state index is 14.7. The molecule has 1 aliphatic rings. The first kappa shape index (κ1) is 17.0. The van der Waals surface area contributed by atoms with E-state index >= 15 is 0 Å². The second kappa shape index (κ2) is 6.57. The third-order valence-electron chi connectivity index (χ3n) is 3.94. The summed E-state index contributed by atoms with van der Waals surface area (Å²) in [4.78, 5) is 6.30. The second-order valence-electron chi connectivity index (χ2n) is 5.35. The second-order valence-corrected chi connectivity index (χ2v) is 6.13. The number of benzene rings is 2. The SMILES string of the molecule is COc1ccc(F)c(C2=NCCN(C)c3ccc(Cl)c(Cl)c32)c1F. The zero-order valence-corrected chi connectivity index (χ0v) is 14.6. The largest absolute Gasteiger partial charge is 0.494 e. The predicted octanol–water partition coefficient (Wildman–Crippen LogP) is 4.57. The molecular weight excluding hydrogens is 357 g/mol. The molecule has 24 heavy (non-hydrogen) atoms. The molecular formula is C17H14Cl2F2N2O. The van der Waals surface area contributed by atoms with E-state index < -0.39 is 11.6 Å². The van der Waals surface area contributed by atoms with Gasteiger partial charge in [0.2, 0.25) is 0 Å². The van der Waals surface area contributed by atoms with Gasteiger partial charge in [-0.15, -0.1) is 0 Å². The van der Waals surface area contributed by atoms with Crippen molar-refractivity contribution in [2.24, 2.45) is 4.99 Å². The number of hydrogen-bond donors (Lipinski definition) is 0. The Morgan fingerprint density at radius 2 is 1.88 bits per heavy atom. The summed E-state index contributed by atoms with van der Waals surface area (Å²) in [6.45, 7) is 0.951. The number of likely N-dealkylation sites (N-methyl/N-ethyl adjacent to an activating group) is 1. The molecule has 0 radical (unpaired) electrons. The fourth-order valence-corrected chi connectivity index (χ4v) is 3.11. The minimum atomic E-state index is -0.817. The summed E-state index contributed by atoms with van der Waals surface area (Å²) in [6, 6.07) is 5.80. The van der Waals surface area contributed by atoms with E-state index in [2.05, 4.69) is 4.99 Å². The van der Waals surface area contributed by atoms with E-state index in [1.807, 2.05) is 11.9 Å². The number of methoxy groups -OCH3 is 1. The average Bonchev–Trinajstić information content (AvgIpc) is 2.71. The molecule has 3 nitrogen and oxygen atoms in total. The number of ether oxygens (including phenoxy) is 1. The molecule has 2 aromatic rings. The first-order chi connectivity index (χ1) is 11.5. The molecule has 0 aromatic heterocycles. The summed E-state index contributed by atoms with van der Waals surface area (Å²) in [5.74, 6) is -1.62. The van der Waals surface area contributed by atoms with Crippen LogP contribution in [-0.4, -0.2) is 33.0 Å². The van der Waals surface area contributed by atoms with Crippen LogP contribution in [0.2, 0.25) is 10.0 Å². The molecule has 0 fully saturated rings. The van der Waals surface area contributed by atoms with Gasteiger partial charge in [0, 0.05) is 24.8 Å². The van der Waals surface area contributed by atoms with Gasteiger partial charge >= 0.3 is 0 Å². The molecule has 126 valence electrons. The van der Waals surface area contributed by atoms with Crippen LogP contribution in [0, 0.1) is 11.6 Å². The lowest BCUT2D eigenvalue weighted by atomic mass is 9.98. The third-order valence-corrected chi connectivity index (χ3v) is 4.74. The Bertz CT molecular complexity index is 840. The molecule has 0 bridgehead atoms. The van der Waals surface area contributed by atoms with Crippen LogP contribution in [0.1, 0.15) is 11.1 Å². The summed E-state index contributed by atoms with van der Waals surface area (Å²) in [5.41, 5.74) is 0.989. The van der Waals surface area contributed by atoms with Crippen LogP contribution in [0.25, 0.3) is 0 Å². The molecule has 0 saturated heterocycles. The Balaban J connectivity index is 2.33. The van der Waals surface area contributed by atoms with Gasteiger partial charge in [-0.05, 0) is 24.3 Å². The average molecular weight is 371 g/mol. The summed E-state index contributed by atoms with van der Waals surface area (Å²) in [6.07, 6.45) is 0. The number of anilines is 1. The van der Waals surface area contributed by atoms with Gasteiger partial charge in [-0.3, -0.25) is 4.99 Å². The van der Waals surface area contributed by atoms with Crippen molar-refractivity contribution in [1.29, 1.82) is 0 Å². The smallest absolute Gasteiger partial charge is 0.177 e. The van der Waals surface area contributed by atoms with E-state index in [1.54, 1.807) is 12.1 Å². The summed E-state index contributed by atoms with van der Waals surface area (Å²) in [7, 11) is 3.18. The molecule has 2 aromatic carbocycles. The van der Waals surface area contributed by atoms with Crippen LogP contribution in [-0.2, 0) is 0 Å². The summed E-state index contributed by atoms with van der Waals surface area (Å²) < 4.78 is 34.1. The van der Waals surface area contributed by atoms with Crippen molar-refractivity contribution in [2.75, 3.05) is 32.1 Å². The maximum Gasteiger partial charge on any atom is 0.177 e.